The van der Waals surface area contributed by atoms with Crippen molar-refractivity contribution >= 4 is 21.4 Å². The highest BCUT2D eigenvalue weighted by Crippen LogP contribution is 2.21. The summed E-state index contributed by atoms with van der Waals surface area (Å²) in [5.74, 6) is -1.04. The van der Waals surface area contributed by atoms with Gasteiger partial charge in [-0.1, -0.05) is 17.7 Å². The number of halogens is 2. The molecule has 0 aliphatic rings. The molecule has 0 bridgehead atoms. The van der Waals surface area contributed by atoms with Gasteiger partial charge in [-0.2, -0.15) is 0 Å². The lowest BCUT2D eigenvalue weighted by molar-refractivity contribution is 0.580. The summed E-state index contributed by atoms with van der Waals surface area (Å²) in [6, 6.07) is 3.92. The van der Waals surface area contributed by atoms with Gasteiger partial charge in [0, 0.05) is 16.6 Å². The summed E-state index contributed by atoms with van der Waals surface area (Å²) in [6.07, 6.45) is 0.356. The van der Waals surface area contributed by atoms with Crippen molar-refractivity contribution in [2.45, 2.75) is 25.1 Å². The summed E-state index contributed by atoms with van der Waals surface area (Å²) >= 11 is 5.77. The Hall–Kier alpha value is -0.650. The van der Waals surface area contributed by atoms with Crippen LogP contribution in [0.15, 0.2) is 18.2 Å². The van der Waals surface area contributed by atoms with E-state index >= 15 is 0 Å². The summed E-state index contributed by atoms with van der Waals surface area (Å²) in [5, 5.41) is 0.134. The van der Waals surface area contributed by atoms with Crippen LogP contribution in [0.25, 0.3) is 0 Å². The largest absolute Gasteiger partial charge is 0.328 e. The molecule has 0 saturated carbocycles. The zero-order valence-electron chi connectivity index (χ0n) is 9.49. The van der Waals surface area contributed by atoms with Crippen molar-refractivity contribution in [3.63, 3.8) is 0 Å². The van der Waals surface area contributed by atoms with Crippen molar-refractivity contribution in [2.75, 3.05) is 5.75 Å². The summed E-state index contributed by atoms with van der Waals surface area (Å²) < 4.78 is 36.9. The van der Waals surface area contributed by atoms with Crippen LogP contribution in [0.5, 0.6) is 0 Å². The number of hydrogen-bond donors (Lipinski definition) is 1. The molecule has 2 N–H and O–H groups in total. The third-order valence-corrected chi connectivity index (χ3v) is 4.25. The summed E-state index contributed by atoms with van der Waals surface area (Å²) in [6.45, 7) is 1.73. The Morgan fingerprint density at radius 3 is 2.65 bits per heavy atom. The van der Waals surface area contributed by atoms with Crippen LogP contribution in [0.2, 0.25) is 5.02 Å². The molecule has 0 heterocycles. The smallest absolute Gasteiger partial charge is 0.154 e. The maximum absolute atomic E-state index is 13.4. The first kappa shape index (κ1) is 14.4. The minimum atomic E-state index is -3.38. The van der Waals surface area contributed by atoms with Crippen molar-refractivity contribution in [1.29, 1.82) is 0 Å². The molecular weight excluding hydrogens is 265 g/mol. The second kappa shape index (κ2) is 5.80. The number of benzene rings is 1. The van der Waals surface area contributed by atoms with E-state index in [0.29, 0.717) is 6.42 Å². The van der Waals surface area contributed by atoms with Crippen LogP contribution in [0, 0.1) is 5.82 Å². The quantitative estimate of drug-likeness (QED) is 0.898. The standard InChI is InChI=1S/C11H15ClFNO2S/c1-8(14)5-6-17(15,16)7-9-10(12)3-2-4-11(9)13/h2-4,8H,5-7,14H2,1H3. The van der Waals surface area contributed by atoms with E-state index in [9.17, 15) is 12.8 Å². The minimum absolute atomic E-state index is 0.0267. The van der Waals surface area contributed by atoms with Crippen LogP contribution in [-0.4, -0.2) is 20.2 Å². The van der Waals surface area contributed by atoms with Crippen molar-refractivity contribution in [3.05, 3.63) is 34.6 Å². The van der Waals surface area contributed by atoms with Crippen LogP contribution in [0.1, 0.15) is 18.9 Å². The molecule has 0 radical (unpaired) electrons. The maximum atomic E-state index is 13.4. The van der Waals surface area contributed by atoms with E-state index in [1.807, 2.05) is 0 Å². The van der Waals surface area contributed by atoms with Gasteiger partial charge in [-0.15, -0.1) is 0 Å². The van der Waals surface area contributed by atoms with Gasteiger partial charge < -0.3 is 5.73 Å². The number of sulfone groups is 1. The van der Waals surface area contributed by atoms with Gasteiger partial charge in [0.05, 0.1) is 11.5 Å². The zero-order valence-corrected chi connectivity index (χ0v) is 11.1. The molecule has 0 fully saturated rings. The van der Waals surface area contributed by atoms with Gasteiger partial charge in [0.2, 0.25) is 0 Å². The molecule has 0 amide bonds. The Morgan fingerprint density at radius 2 is 2.12 bits per heavy atom. The molecule has 3 nitrogen and oxygen atoms in total. The van der Waals surface area contributed by atoms with E-state index in [1.54, 1.807) is 6.92 Å². The van der Waals surface area contributed by atoms with Gasteiger partial charge in [-0.05, 0) is 25.5 Å². The average molecular weight is 280 g/mol. The molecule has 1 aromatic rings. The lowest BCUT2D eigenvalue weighted by atomic mass is 10.2. The third-order valence-electron chi connectivity index (χ3n) is 2.31. The van der Waals surface area contributed by atoms with Gasteiger partial charge in [0.25, 0.3) is 0 Å². The molecule has 1 atom stereocenters. The highest BCUT2D eigenvalue weighted by Gasteiger charge is 2.17. The zero-order chi connectivity index (χ0) is 13.1. The Balaban J connectivity index is 2.83. The highest BCUT2D eigenvalue weighted by molar-refractivity contribution is 7.90. The maximum Gasteiger partial charge on any atom is 0.154 e. The Bertz CT molecular complexity index is 468. The second-order valence-corrected chi connectivity index (χ2v) is 6.65. The molecule has 0 saturated heterocycles. The van der Waals surface area contributed by atoms with Crippen LogP contribution >= 0.6 is 11.6 Å². The van der Waals surface area contributed by atoms with E-state index in [-0.39, 0.29) is 28.1 Å². The van der Waals surface area contributed by atoms with Crippen molar-refractivity contribution in [2.24, 2.45) is 5.73 Å². The summed E-state index contributed by atoms with van der Waals surface area (Å²) in [7, 11) is -3.38. The van der Waals surface area contributed by atoms with E-state index in [0.717, 1.165) is 0 Å². The Morgan fingerprint density at radius 1 is 1.47 bits per heavy atom. The predicted octanol–water partition coefficient (Wildman–Crippen LogP) is 2.13. The Kier molecular flexibility index (Phi) is 4.91. The molecule has 0 aliphatic carbocycles. The first-order chi connectivity index (χ1) is 7.82. The lowest BCUT2D eigenvalue weighted by Crippen LogP contribution is -2.21. The van der Waals surface area contributed by atoms with Gasteiger partial charge in [0.1, 0.15) is 5.82 Å². The van der Waals surface area contributed by atoms with Gasteiger partial charge in [-0.3, -0.25) is 0 Å². The fourth-order valence-corrected chi connectivity index (χ4v) is 3.25. The van der Waals surface area contributed by atoms with Gasteiger partial charge in [0.15, 0.2) is 9.84 Å². The topological polar surface area (TPSA) is 60.2 Å². The van der Waals surface area contributed by atoms with Crippen molar-refractivity contribution < 1.29 is 12.8 Å². The van der Waals surface area contributed by atoms with E-state index < -0.39 is 15.7 Å². The molecule has 0 aliphatic heterocycles. The van der Waals surface area contributed by atoms with Crippen LogP contribution in [0.4, 0.5) is 4.39 Å². The molecule has 6 heteroatoms. The molecular formula is C11H15ClFNO2S. The molecule has 0 aromatic heterocycles. The van der Waals surface area contributed by atoms with Crippen LogP contribution in [-0.2, 0) is 15.6 Å². The van der Waals surface area contributed by atoms with Crippen LogP contribution in [0.3, 0.4) is 0 Å². The third kappa shape index (κ3) is 4.61. The molecule has 1 rings (SSSR count). The summed E-state index contributed by atoms with van der Waals surface area (Å²) in [5.41, 5.74) is 5.51. The summed E-state index contributed by atoms with van der Waals surface area (Å²) in [4.78, 5) is 0. The normalized spacial score (nSPS) is 13.6. The number of rotatable bonds is 5. The fourth-order valence-electron chi connectivity index (χ4n) is 1.33. The Labute approximate surface area is 106 Å². The molecule has 96 valence electrons. The SMILES string of the molecule is CC(N)CCS(=O)(=O)Cc1c(F)cccc1Cl. The highest BCUT2D eigenvalue weighted by atomic mass is 35.5. The second-order valence-electron chi connectivity index (χ2n) is 4.06. The number of nitrogens with two attached hydrogens (primary N) is 1. The van der Waals surface area contributed by atoms with E-state index in [1.165, 1.54) is 18.2 Å². The first-order valence-electron chi connectivity index (χ1n) is 5.21. The van der Waals surface area contributed by atoms with Crippen LogP contribution < -0.4 is 5.73 Å². The monoisotopic (exact) mass is 279 g/mol. The average Bonchev–Trinajstić information content (AvgIpc) is 2.21. The molecule has 17 heavy (non-hydrogen) atoms. The fraction of sp³-hybridized carbons (Fsp3) is 0.455. The molecule has 1 unspecified atom stereocenters. The van der Waals surface area contributed by atoms with E-state index in [2.05, 4.69) is 0 Å². The van der Waals surface area contributed by atoms with Crippen molar-refractivity contribution in [3.8, 4) is 0 Å². The van der Waals surface area contributed by atoms with Gasteiger partial charge in [-0.25, -0.2) is 12.8 Å². The molecule has 1 aromatic carbocycles. The first-order valence-corrected chi connectivity index (χ1v) is 7.40. The van der Waals surface area contributed by atoms with Gasteiger partial charge >= 0.3 is 0 Å². The van der Waals surface area contributed by atoms with Crippen molar-refractivity contribution in [1.82, 2.24) is 0 Å². The minimum Gasteiger partial charge on any atom is -0.328 e. The molecule has 0 spiro atoms. The lowest BCUT2D eigenvalue weighted by Gasteiger charge is -2.08. The number of hydrogen-bond acceptors (Lipinski definition) is 3. The van der Waals surface area contributed by atoms with E-state index in [4.69, 9.17) is 17.3 Å². The predicted molar refractivity (Wildman–Crippen MR) is 67.2 cm³/mol.